The summed E-state index contributed by atoms with van der Waals surface area (Å²) < 4.78 is 25.8. The molecule has 0 aliphatic carbocycles. The first-order valence-electron chi connectivity index (χ1n) is 5.76. The van der Waals surface area contributed by atoms with Crippen molar-refractivity contribution in [2.45, 2.75) is 38.8 Å². The molecule has 17 heavy (non-hydrogen) atoms. The minimum atomic E-state index is -0.849. The fourth-order valence-electron chi connectivity index (χ4n) is 1.40. The summed E-state index contributed by atoms with van der Waals surface area (Å²) in [6, 6.07) is 3.69. The van der Waals surface area contributed by atoms with Crippen molar-refractivity contribution in [1.82, 2.24) is 5.32 Å². The van der Waals surface area contributed by atoms with Crippen LogP contribution in [-0.2, 0) is 0 Å². The molecule has 0 amide bonds. The number of rotatable bonds is 5. The summed E-state index contributed by atoms with van der Waals surface area (Å²) in [6.45, 7) is 5.88. The minimum Gasteiger partial charge on any atom is -0.389 e. The SMILES string of the molecule is CCC(C)(O)CNC(C)c1ccc(F)c(F)c1. The molecular formula is C13H19F2NO. The van der Waals surface area contributed by atoms with Crippen molar-refractivity contribution in [1.29, 1.82) is 0 Å². The Morgan fingerprint density at radius 3 is 2.53 bits per heavy atom. The number of nitrogens with one attached hydrogen (secondary N) is 1. The van der Waals surface area contributed by atoms with Gasteiger partial charge in [-0.15, -0.1) is 0 Å². The third-order valence-electron chi connectivity index (χ3n) is 2.99. The first kappa shape index (κ1) is 14.1. The summed E-state index contributed by atoms with van der Waals surface area (Å²) in [5, 5.41) is 12.9. The Morgan fingerprint density at radius 2 is 2.00 bits per heavy atom. The fraction of sp³-hybridized carbons (Fsp3) is 0.538. The number of halogens is 2. The molecule has 0 spiro atoms. The van der Waals surface area contributed by atoms with Crippen LogP contribution in [0, 0.1) is 11.6 Å². The predicted octanol–water partition coefficient (Wildman–Crippen LogP) is 2.78. The van der Waals surface area contributed by atoms with Crippen molar-refractivity contribution in [3.05, 3.63) is 35.4 Å². The van der Waals surface area contributed by atoms with Gasteiger partial charge in [0.15, 0.2) is 11.6 Å². The highest BCUT2D eigenvalue weighted by Crippen LogP contribution is 2.17. The summed E-state index contributed by atoms with van der Waals surface area (Å²) in [5.41, 5.74) is -0.122. The van der Waals surface area contributed by atoms with Crippen molar-refractivity contribution in [3.63, 3.8) is 0 Å². The summed E-state index contributed by atoms with van der Waals surface area (Å²) in [5.74, 6) is -1.69. The quantitative estimate of drug-likeness (QED) is 0.833. The molecule has 4 heteroatoms. The van der Waals surface area contributed by atoms with E-state index >= 15 is 0 Å². The zero-order valence-electron chi connectivity index (χ0n) is 10.4. The van der Waals surface area contributed by atoms with Crippen molar-refractivity contribution < 1.29 is 13.9 Å². The van der Waals surface area contributed by atoms with E-state index in [2.05, 4.69) is 5.32 Å². The van der Waals surface area contributed by atoms with Crippen LogP contribution in [0.5, 0.6) is 0 Å². The highest BCUT2D eigenvalue weighted by Gasteiger charge is 2.18. The van der Waals surface area contributed by atoms with E-state index in [1.165, 1.54) is 12.1 Å². The monoisotopic (exact) mass is 243 g/mol. The average Bonchev–Trinajstić information content (AvgIpc) is 2.30. The van der Waals surface area contributed by atoms with Crippen LogP contribution in [0.25, 0.3) is 0 Å². The summed E-state index contributed by atoms with van der Waals surface area (Å²) >= 11 is 0. The normalized spacial score (nSPS) is 16.6. The van der Waals surface area contributed by atoms with Crippen LogP contribution in [0.3, 0.4) is 0 Å². The van der Waals surface area contributed by atoms with Crippen LogP contribution in [0.15, 0.2) is 18.2 Å². The lowest BCUT2D eigenvalue weighted by molar-refractivity contribution is 0.0533. The highest BCUT2D eigenvalue weighted by molar-refractivity contribution is 5.20. The van der Waals surface area contributed by atoms with E-state index in [-0.39, 0.29) is 6.04 Å². The molecule has 0 bridgehead atoms. The van der Waals surface area contributed by atoms with Crippen LogP contribution in [0.4, 0.5) is 8.78 Å². The number of hydrogen-bond acceptors (Lipinski definition) is 2. The van der Waals surface area contributed by atoms with Gasteiger partial charge in [0, 0.05) is 12.6 Å². The largest absolute Gasteiger partial charge is 0.389 e. The Balaban J connectivity index is 2.64. The molecule has 0 aromatic heterocycles. The van der Waals surface area contributed by atoms with Gasteiger partial charge in [-0.05, 0) is 38.0 Å². The highest BCUT2D eigenvalue weighted by atomic mass is 19.2. The smallest absolute Gasteiger partial charge is 0.159 e. The standard InChI is InChI=1S/C13H19F2NO/c1-4-13(3,17)8-16-9(2)10-5-6-11(14)12(15)7-10/h5-7,9,16-17H,4,8H2,1-3H3. The summed E-state index contributed by atoms with van der Waals surface area (Å²) in [6.07, 6.45) is 0.629. The molecule has 1 rings (SSSR count). The van der Waals surface area contributed by atoms with E-state index in [9.17, 15) is 13.9 Å². The van der Waals surface area contributed by atoms with Crippen molar-refractivity contribution in [2.75, 3.05) is 6.54 Å². The van der Waals surface area contributed by atoms with E-state index in [0.29, 0.717) is 18.5 Å². The van der Waals surface area contributed by atoms with Crippen molar-refractivity contribution >= 4 is 0 Å². The lowest BCUT2D eigenvalue weighted by atomic mass is 10.0. The van der Waals surface area contributed by atoms with E-state index in [1.807, 2.05) is 13.8 Å². The van der Waals surface area contributed by atoms with Crippen LogP contribution >= 0.6 is 0 Å². The van der Waals surface area contributed by atoms with Gasteiger partial charge in [0.1, 0.15) is 0 Å². The second kappa shape index (κ2) is 5.56. The van der Waals surface area contributed by atoms with E-state index < -0.39 is 17.2 Å². The van der Waals surface area contributed by atoms with Crippen LogP contribution in [0.2, 0.25) is 0 Å². The zero-order chi connectivity index (χ0) is 13.1. The molecule has 0 aliphatic heterocycles. The molecule has 0 aliphatic rings. The minimum absolute atomic E-state index is 0.136. The average molecular weight is 243 g/mol. The summed E-state index contributed by atoms with van der Waals surface area (Å²) in [4.78, 5) is 0. The van der Waals surface area contributed by atoms with E-state index in [4.69, 9.17) is 0 Å². The van der Waals surface area contributed by atoms with Gasteiger partial charge in [-0.1, -0.05) is 13.0 Å². The Morgan fingerprint density at radius 1 is 1.35 bits per heavy atom. The second-order valence-corrected chi connectivity index (χ2v) is 4.63. The fourth-order valence-corrected chi connectivity index (χ4v) is 1.40. The van der Waals surface area contributed by atoms with Crippen LogP contribution in [0.1, 0.15) is 38.8 Å². The maximum atomic E-state index is 13.0. The van der Waals surface area contributed by atoms with Gasteiger partial charge in [0.25, 0.3) is 0 Å². The van der Waals surface area contributed by atoms with Crippen molar-refractivity contribution in [3.8, 4) is 0 Å². The van der Waals surface area contributed by atoms with Gasteiger partial charge in [-0.3, -0.25) is 0 Å². The van der Waals surface area contributed by atoms with Gasteiger partial charge in [0.05, 0.1) is 5.60 Å². The molecule has 96 valence electrons. The number of hydrogen-bond donors (Lipinski definition) is 2. The van der Waals surface area contributed by atoms with Gasteiger partial charge in [-0.2, -0.15) is 0 Å². The maximum absolute atomic E-state index is 13.0. The van der Waals surface area contributed by atoms with E-state index in [1.54, 1.807) is 6.92 Å². The molecule has 0 saturated heterocycles. The van der Waals surface area contributed by atoms with Gasteiger partial charge >= 0.3 is 0 Å². The lowest BCUT2D eigenvalue weighted by Gasteiger charge is -2.24. The third-order valence-corrected chi connectivity index (χ3v) is 2.99. The Labute approximate surface area is 101 Å². The lowest BCUT2D eigenvalue weighted by Crippen LogP contribution is -2.38. The first-order chi connectivity index (χ1) is 7.85. The molecule has 0 heterocycles. The molecule has 2 nitrogen and oxygen atoms in total. The van der Waals surface area contributed by atoms with Crippen LogP contribution in [-0.4, -0.2) is 17.3 Å². The third kappa shape index (κ3) is 4.06. The number of benzene rings is 1. The molecule has 0 saturated carbocycles. The first-order valence-corrected chi connectivity index (χ1v) is 5.76. The molecule has 0 radical (unpaired) electrons. The molecule has 2 atom stereocenters. The zero-order valence-corrected chi connectivity index (χ0v) is 10.4. The molecular weight excluding hydrogens is 224 g/mol. The Kier molecular flexibility index (Phi) is 4.60. The Hall–Kier alpha value is -1.00. The van der Waals surface area contributed by atoms with Gasteiger partial charge < -0.3 is 10.4 Å². The van der Waals surface area contributed by atoms with Crippen molar-refractivity contribution in [2.24, 2.45) is 0 Å². The topological polar surface area (TPSA) is 32.3 Å². The van der Waals surface area contributed by atoms with Gasteiger partial charge in [0.2, 0.25) is 0 Å². The molecule has 0 fully saturated rings. The molecule has 1 aromatic rings. The second-order valence-electron chi connectivity index (χ2n) is 4.63. The van der Waals surface area contributed by atoms with Crippen LogP contribution < -0.4 is 5.32 Å². The van der Waals surface area contributed by atoms with Gasteiger partial charge in [-0.25, -0.2) is 8.78 Å². The van der Waals surface area contributed by atoms with E-state index in [0.717, 1.165) is 6.07 Å². The summed E-state index contributed by atoms with van der Waals surface area (Å²) in [7, 11) is 0. The Bertz CT molecular complexity index is 380. The molecule has 2 unspecified atom stereocenters. The maximum Gasteiger partial charge on any atom is 0.159 e. The number of aliphatic hydroxyl groups is 1. The molecule has 1 aromatic carbocycles. The predicted molar refractivity (Wildman–Crippen MR) is 63.7 cm³/mol. The molecule has 2 N–H and O–H groups in total.